The average molecular weight is 387 g/mol. The van der Waals surface area contributed by atoms with Gasteiger partial charge in [-0.1, -0.05) is 12.1 Å². The molecule has 6 heteroatoms. The van der Waals surface area contributed by atoms with Crippen LogP contribution in [0.5, 0.6) is 0 Å². The molecule has 4 heterocycles. The van der Waals surface area contributed by atoms with Crippen LogP contribution in [-0.2, 0) is 0 Å². The molecule has 0 saturated heterocycles. The van der Waals surface area contributed by atoms with Crippen molar-refractivity contribution < 1.29 is 4.42 Å². The predicted octanol–water partition coefficient (Wildman–Crippen LogP) is 5.46. The number of imidazole rings is 1. The zero-order chi connectivity index (χ0) is 20.1. The molecule has 4 aromatic heterocycles. The number of aromatic nitrogens is 4. The molecule has 0 aliphatic rings. The highest BCUT2D eigenvalue weighted by atomic mass is 16.3. The van der Waals surface area contributed by atoms with Gasteiger partial charge in [0.15, 0.2) is 11.6 Å². The Hall–Kier alpha value is -4.50. The van der Waals surface area contributed by atoms with Crippen LogP contribution in [0.25, 0.3) is 55.7 Å². The van der Waals surface area contributed by atoms with Gasteiger partial charge in [0, 0.05) is 28.7 Å². The topological polar surface area (TPSA) is 91.4 Å². The lowest BCUT2D eigenvalue weighted by atomic mass is 10.1. The standard InChI is InChI=1S/C24H13N5O/c25-13-14-4-1-5-15(12-14)18-8-9-19(30-18)24-28-22-16-6-2-10-26-20(16)21-17(23(22)29-24)7-3-11-27-21/h1-12H,(H,28,29). The molecule has 0 atom stereocenters. The molecule has 0 saturated carbocycles. The van der Waals surface area contributed by atoms with Crippen molar-refractivity contribution in [1.29, 1.82) is 5.26 Å². The molecule has 0 radical (unpaired) electrons. The van der Waals surface area contributed by atoms with Crippen molar-refractivity contribution in [1.82, 2.24) is 19.9 Å². The summed E-state index contributed by atoms with van der Waals surface area (Å²) < 4.78 is 6.07. The van der Waals surface area contributed by atoms with Gasteiger partial charge >= 0.3 is 0 Å². The van der Waals surface area contributed by atoms with E-state index >= 15 is 0 Å². The third kappa shape index (κ3) is 2.39. The molecule has 1 N–H and O–H groups in total. The molecule has 140 valence electrons. The number of fused-ring (bicyclic) bond motifs is 6. The van der Waals surface area contributed by atoms with Crippen LogP contribution >= 0.6 is 0 Å². The minimum Gasteiger partial charge on any atom is -0.453 e. The number of hydrogen-bond donors (Lipinski definition) is 1. The molecule has 30 heavy (non-hydrogen) atoms. The Morgan fingerprint density at radius 2 is 1.57 bits per heavy atom. The average Bonchev–Trinajstić information content (AvgIpc) is 3.47. The summed E-state index contributed by atoms with van der Waals surface area (Å²) in [5, 5.41) is 11.0. The summed E-state index contributed by atoms with van der Waals surface area (Å²) >= 11 is 0. The second-order valence-electron chi connectivity index (χ2n) is 6.96. The zero-order valence-electron chi connectivity index (χ0n) is 15.6. The number of benzene rings is 2. The second kappa shape index (κ2) is 6.26. The van der Waals surface area contributed by atoms with Crippen molar-refractivity contribution >= 4 is 32.8 Å². The van der Waals surface area contributed by atoms with Crippen LogP contribution in [0.2, 0.25) is 0 Å². The molecule has 0 amide bonds. The van der Waals surface area contributed by atoms with E-state index < -0.39 is 0 Å². The Bertz CT molecular complexity index is 1550. The summed E-state index contributed by atoms with van der Waals surface area (Å²) in [5.74, 6) is 1.94. The number of furan rings is 1. The first kappa shape index (κ1) is 16.5. The van der Waals surface area contributed by atoms with E-state index in [9.17, 15) is 0 Å². The van der Waals surface area contributed by atoms with Crippen molar-refractivity contribution in [3.05, 3.63) is 78.6 Å². The van der Waals surface area contributed by atoms with Gasteiger partial charge < -0.3 is 9.40 Å². The van der Waals surface area contributed by atoms with E-state index in [-0.39, 0.29) is 0 Å². The Balaban J connectivity index is 1.57. The molecule has 0 unspecified atom stereocenters. The lowest BCUT2D eigenvalue weighted by Crippen LogP contribution is -1.86. The first-order chi connectivity index (χ1) is 14.8. The van der Waals surface area contributed by atoms with Crippen LogP contribution in [0, 0.1) is 11.3 Å². The third-order valence-electron chi connectivity index (χ3n) is 5.18. The summed E-state index contributed by atoms with van der Waals surface area (Å²) in [6, 6.07) is 21.1. The zero-order valence-corrected chi connectivity index (χ0v) is 15.6. The summed E-state index contributed by atoms with van der Waals surface area (Å²) in [6.07, 6.45) is 3.54. The Morgan fingerprint density at radius 1 is 0.800 bits per heavy atom. The van der Waals surface area contributed by atoms with Gasteiger partial charge in [-0.05, 0) is 48.5 Å². The van der Waals surface area contributed by atoms with Crippen molar-refractivity contribution in [3.8, 4) is 29.0 Å². The van der Waals surface area contributed by atoms with Crippen LogP contribution in [-0.4, -0.2) is 19.9 Å². The molecule has 0 fully saturated rings. The quantitative estimate of drug-likeness (QED) is 0.398. The number of rotatable bonds is 2. The van der Waals surface area contributed by atoms with E-state index in [0.717, 1.165) is 38.4 Å². The first-order valence-electron chi connectivity index (χ1n) is 9.44. The second-order valence-corrected chi connectivity index (χ2v) is 6.96. The summed E-state index contributed by atoms with van der Waals surface area (Å²) in [6.45, 7) is 0. The fourth-order valence-corrected chi connectivity index (χ4v) is 3.82. The summed E-state index contributed by atoms with van der Waals surface area (Å²) in [7, 11) is 0. The summed E-state index contributed by atoms with van der Waals surface area (Å²) in [5.41, 5.74) is 4.83. The molecule has 0 spiro atoms. The van der Waals surface area contributed by atoms with Gasteiger partial charge in [-0.2, -0.15) is 5.26 Å². The molecule has 6 rings (SSSR count). The minimum atomic E-state index is 0.590. The number of nitrogens with zero attached hydrogens (tertiary/aromatic N) is 4. The minimum absolute atomic E-state index is 0.590. The molecular formula is C24H13N5O. The van der Waals surface area contributed by atoms with E-state index in [0.29, 0.717) is 22.9 Å². The van der Waals surface area contributed by atoms with E-state index in [1.165, 1.54) is 0 Å². The molecular weight excluding hydrogens is 374 g/mol. The number of nitriles is 1. The normalized spacial score (nSPS) is 11.3. The van der Waals surface area contributed by atoms with E-state index in [1.807, 2.05) is 48.5 Å². The molecule has 0 aliphatic heterocycles. The smallest absolute Gasteiger partial charge is 0.174 e. The Morgan fingerprint density at radius 3 is 2.40 bits per heavy atom. The maximum Gasteiger partial charge on any atom is 0.174 e. The lowest BCUT2D eigenvalue weighted by Gasteiger charge is -2.03. The third-order valence-corrected chi connectivity index (χ3v) is 5.18. The van der Waals surface area contributed by atoms with Gasteiger partial charge in [0.05, 0.1) is 33.7 Å². The van der Waals surface area contributed by atoms with Crippen molar-refractivity contribution in [3.63, 3.8) is 0 Å². The number of aromatic amines is 1. The van der Waals surface area contributed by atoms with Gasteiger partial charge in [0.1, 0.15) is 5.76 Å². The van der Waals surface area contributed by atoms with Gasteiger partial charge in [-0.3, -0.25) is 9.97 Å². The van der Waals surface area contributed by atoms with Crippen LogP contribution in [0.15, 0.2) is 77.5 Å². The molecule has 6 nitrogen and oxygen atoms in total. The molecule has 6 aromatic rings. The van der Waals surface area contributed by atoms with E-state index in [1.54, 1.807) is 24.5 Å². The van der Waals surface area contributed by atoms with Crippen molar-refractivity contribution in [2.45, 2.75) is 0 Å². The van der Waals surface area contributed by atoms with Gasteiger partial charge in [-0.25, -0.2) is 4.98 Å². The number of pyridine rings is 2. The largest absolute Gasteiger partial charge is 0.453 e. The van der Waals surface area contributed by atoms with E-state index in [2.05, 4.69) is 21.0 Å². The predicted molar refractivity (Wildman–Crippen MR) is 115 cm³/mol. The van der Waals surface area contributed by atoms with Crippen LogP contribution in [0.4, 0.5) is 0 Å². The van der Waals surface area contributed by atoms with Gasteiger partial charge in [-0.15, -0.1) is 0 Å². The van der Waals surface area contributed by atoms with Crippen molar-refractivity contribution in [2.24, 2.45) is 0 Å². The maximum atomic E-state index is 9.14. The molecule has 0 aliphatic carbocycles. The Labute approximate surface area is 170 Å². The molecule has 2 aromatic carbocycles. The van der Waals surface area contributed by atoms with Crippen molar-refractivity contribution in [2.75, 3.05) is 0 Å². The van der Waals surface area contributed by atoms with Gasteiger partial charge in [0.2, 0.25) is 0 Å². The monoisotopic (exact) mass is 387 g/mol. The highest BCUT2D eigenvalue weighted by molar-refractivity contribution is 6.20. The van der Waals surface area contributed by atoms with E-state index in [4.69, 9.17) is 14.7 Å². The highest BCUT2D eigenvalue weighted by Crippen LogP contribution is 2.34. The SMILES string of the molecule is N#Cc1cccc(-c2ccc(-c3nc4c5cccnc5c5ncccc5c4[nH]3)o2)c1. The maximum absolute atomic E-state index is 9.14. The number of hydrogen-bond acceptors (Lipinski definition) is 5. The van der Waals surface area contributed by atoms with Gasteiger partial charge in [0.25, 0.3) is 0 Å². The Kier molecular flexibility index (Phi) is 3.43. The number of nitrogens with one attached hydrogen (secondary N) is 1. The molecule has 0 bridgehead atoms. The highest BCUT2D eigenvalue weighted by Gasteiger charge is 2.17. The van der Waals surface area contributed by atoms with Crippen LogP contribution in [0.1, 0.15) is 5.56 Å². The van der Waals surface area contributed by atoms with Crippen LogP contribution < -0.4 is 0 Å². The summed E-state index contributed by atoms with van der Waals surface area (Å²) in [4.78, 5) is 17.3. The number of H-pyrrole nitrogens is 1. The fraction of sp³-hybridized carbons (Fsp3) is 0. The fourth-order valence-electron chi connectivity index (χ4n) is 3.82. The first-order valence-corrected chi connectivity index (χ1v) is 9.44. The van der Waals surface area contributed by atoms with Crippen LogP contribution in [0.3, 0.4) is 0 Å². The lowest BCUT2D eigenvalue weighted by molar-refractivity contribution is 0.593.